The van der Waals surface area contributed by atoms with Gasteiger partial charge < -0.3 is 0 Å². The van der Waals surface area contributed by atoms with Crippen LogP contribution in [0.25, 0.3) is 0 Å². The van der Waals surface area contributed by atoms with Crippen LogP contribution in [0, 0.1) is 30.6 Å². The average molecular weight is 366 g/mol. The summed E-state index contributed by atoms with van der Waals surface area (Å²) in [5.74, 6) is 0.600. The molecule has 5 unspecified atom stereocenters. The largest absolute Gasteiger partial charge is 0.274 e. The first-order valence-corrected chi connectivity index (χ1v) is 9.63. The Kier molecular flexibility index (Phi) is 3.51. The maximum absolute atomic E-state index is 13.3. The van der Waals surface area contributed by atoms with Crippen LogP contribution in [0.2, 0.25) is 5.02 Å². The number of hydrogen-bond donors (Lipinski definition) is 0. The quantitative estimate of drug-likeness (QED) is 0.730. The molecule has 2 aromatic carbocycles. The van der Waals surface area contributed by atoms with Crippen LogP contribution in [0.4, 0.5) is 5.69 Å². The van der Waals surface area contributed by atoms with E-state index in [-0.39, 0.29) is 29.6 Å². The molecule has 5 rings (SSSR count). The molecule has 1 saturated heterocycles. The zero-order valence-corrected chi connectivity index (χ0v) is 15.3. The van der Waals surface area contributed by atoms with Crippen molar-refractivity contribution in [3.63, 3.8) is 0 Å². The topological polar surface area (TPSA) is 37.4 Å². The molecule has 2 aromatic rings. The van der Waals surface area contributed by atoms with Crippen molar-refractivity contribution in [1.82, 2.24) is 0 Å². The van der Waals surface area contributed by atoms with Crippen LogP contribution in [0.1, 0.15) is 29.9 Å². The van der Waals surface area contributed by atoms with E-state index < -0.39 is 0 Å². The summed E-state index contributed by atoms with van der Waals surface area (Å²) in [6.07, 6.45) is 2.01. The molecule has 26 heavy (non-hydrogen) atoms. The molecule has 0 spiro atoms. The number of amides is 2. The first-order chi connectivity index (χ1) is 12.6. The van der Waals surface area contributed by atoms with Crippen LogP contribution < -0.4 is 4.90 Å². The fourth-order valence-corrected chi connectivity index (χ4v) is 5.77. The second kappa shape index (κ2) is 5.68. The number of nitrogens with zero attached hydrogens (tertiary/aromatic N) is 1. The maximum Gasteiger partial charge on any atom is 0.238 e. The standard InChI is InChI=1S/C22H20ClNO2/c1-12-7-8-15(23)11-18(12)24-21(25)19-14-9-16(13-5-3-2-4-6-13)17(10-14)20(19)22(24)26/h2-8,11,14,16-17,19-20H,9-10H2,1H3. The molecular formula is C22H20ClNO2. The molecule has 5 atom stereocenters. The van der Waals surface area contributed by atoms with Crippen molar-refractivity contribution < 1.29 is 9.59 Å². The second-order valence-corrected chi connectivity index (χ2v) is 8.34. The molecule has 0 radical (unpaired) electrons. The summed E-state index contributed by atoms with van der Waals surface area (Å²) in [6.45, 7) is 1.92. The summed E-state index contributed by atoms with van der Waals surface area (Å²) in [4.78, 5) is 27.9. The molecule has 2 amide bonds. The third-order valence-corrected chi connectivity index (χ3v) is 6.89. The van der Waals surface area contributed by atoms with Crippen molar-refractivity contribution in [2.45, 2.75) is 25.7 Å². The molecule has 2 saturated carbocycles. The van der Waals surface area contributed by atoms with Crippen molar-refractivity contribution in [2.75, 3.05) is 4.90 Å². The number of carbonyl (C=O) groups is 2. The van der Waals surface area contributed by atoms with Gasteiger partial charge in [0.25, 0.3) is 0 Å². The number of anilines is 1. The zero-order chi connectivity index (χ0) is 18.0. The van der Waals surface area contributed by atoms with E-state index in [1.165, 1.54) is 10.5 Å². The lowest BCUT2D eigenvalue weighted by Gasteiger charge is -2.28. The van der Waals surface area contributed by atoms with Gasteiger partial charge in [-0.2, -0.15) is 0 Å². The van der Waals surface area contributed by atoms with E-state index in [9.17, 15) is 9.59 Å². The highest BCUT2D eigenvalue weighted by molar-refractivity contribution is 6.31. The van der Waals surface area contributed by atoms with E-state index in [0.717, 1.165) is 18.4 Å². The predicted octanol–water partition coefficient (Wildman–Crippen LogP) is 4.58. The third-order valence-electron chi connectivity index (χ3n) is 6.66. The predicted molar refractivity (Wildman–Crippen MR) is 101 cm³/mol. The Morgan fingerprint density at radius 1 is 0.962 bits per heavy atom. The molecule has 2 aliphatic carbocycles. The molecule has 0 N–H and O–H groups in total. The van der Waals surface area contributed by atoms with E-state index in [0.29, 0.717) is 22.5 Å². The van der Waals surface area contributed by atoms with Crippen molar-refractivity contribution in [1.29, 1.82) is 0 Å². The van der Waals surface area contributed by atoms with Crippen molar-refractivity contribution in [3.05, 3.63) is 64.7 Å². The van der Waals surface area contributed by atoms with Crippen molar-refractivity contribution in [2.24, 2.45) is 23.7 Å². The van der Waals surface area contributed by atoms with E-state index in [2.05, 4.69) is 24.3 Å². The summed E-state index contributed by atoms with van der Waals surface area (Å²) in [7, 11) is 0. The lowest BCUT2D eigenvalue weighted by molar-refractivity contribution is -0.123. The molecule has 3 aliphatic rings. The second-order valence-electron chi connectivity index (χ2n) is 7.91. The molecule has 0 aromatic heterocycles. The molecule has 4 heteroatoms. The van der Waals surface area contributed by atoms with Gasteiger partial charge in [0.15, 0.2) is 0 Å². The zero-order valence-electron chi connectivity index (χ0n) is 14.6. The summed E-state index contributed by atoms with van der Waals surface area (Å²) in [6, 6.07) is 15.8. The average Bonchev–Trinajstić information content (AvgIpc) is 3.30. The Bertz CT molecular complexity index is 910. The number of hydrogen-bond acceptors (Lipinski definition) is 2. The lowest BCUT2D eigenvalue weighted by atomic mass is 9.73. The number of aryl methyl sites for hydroxylation is 1. The lowest BCUT2D eigenvalue weighted by Crippen LogP contribution is -2.33. The van der Waals surface area contributed by atoms with Gasteiger partial charge in [0.05, 0.1) is 17.5 Å². The van der Waals surface area contributed by atoms with Crippen LogP contribution in [-0.2, 0) is 9.59 Å². The van der Waals surface area contributed by atoms with E-state index in [1.807, 2.05) is 19.1 Å². The smallest absolute Gasteiger partial charge is 0.238 e. The Labute approximate surface area is 158 Å². The van der Waals surface area contributed by atoms with Gasteiger partial charge in [-0.05, 0) is 60.8 Å². The minimum absolute atomic E-state index is 0.0237. The van der Waals surface area contributed by atoms with E-state index in [1.54, 1.807) is 12.1 Å². The van der Waals surface area contributed by atoms with Gasteiger partial charge in [0, 0.05) is 5.02 Å². The SMILES string of the molecule is Cc1ccc(Cl)cc1N1C(=O)C2C3CC(c4ccccc4)C(C3)C2C1=O. The first-order valence-electron chi connectivity index (χ1n) is 9.25. The van der Waals surface area contributed by atoms with Crippen LogP contribution in [0.5, 0.6) is 0 Å². The van der Waals surface area contributed by atoms with Gasteiger partial charge >= 0.3 is 0 Å². The molecule has 2 bridgehead atoms. The highest BCUT2D eigenvalue weighted by atomic mass is 35.5. The normalized spacial score (nSPS) is 32.4. The van der Waals surface area contributed by atoms with E-state index >= 15 is 0 Å². The maximum atomic E-state index is 13.3. The van der Waals surface area contributed by atoms with Crippen molar-refractivity contribution in [3.8, 4) is 0 Å². The van der Waals surface area contributed by atoms with E-state index in [4.69, 9.17) is 11.6 Å². The minimum atomic E-state index is -0.176. The van der Waals surface area contributed by atoms with Crippen LogP contribution in [0.15, 0.2) is 48.5 Å². The number of halogens is 1. The Hall–Kier alpha value is -2.13. The van der Waals surface area contributed by atoms with Gasteiger partial charge in [-0.3, -0.25) is 9.59 Å². The number of rotatable bonds is 2. The number of fused-ring (bicyclic) bond motifs is 5. The Morgan fingerprint density at radius 2 is 1.69 bits per heavy atom. The fraction of sp³-hybridized carbons (Fsp3) is 0.364. The third kappa shape index (κ3) is 2.13. The number of carbonyl (C=O) groups excluding carboxylic acids is 2. The van der Waals surface area contributed by atoms with Crippen LogP contribution in [0.3, 0.4) is 0 Å². The molecule has 3 nitrogen and oxygen atoms in total. The van der Waals surface area contributed by atoms with Crippen LogP contribution >= 0.6 is 11.6 Å². The summed E-state index contributed by atoms with van der Waals surface area (Å²) in [5.41, 5.74) is 2.86. The highest BCUT2D eigenvalue weighted by Gasteiger charge is 2.64. The summed E-state index contributed by atoms with van der Waals surface area (Å²) in [5, 5.41) is 0.549. The molecule has 132 valence electrons. The van der Waals surface area contributed by atoms with Gasteiger partial charge in [-0.1, -0.05) is 48.0 Å². The molecular weight excluding hydrogens is 346 g/mol. The Balaban J connectivity index is 1.52. The number of benzene rings is 2. The monoisotopic (exact) mass is 365 g/mol. The summed E-state index contributed by atoms with van der Waals surface area (Å²) >= 11 is 6.13. The fourth-order valence-electron chi connectivity index (χ4n) is 5.60. The van der Waals surface area contributed by atoms with Gasteiger partial charge in [0.2, 0.25) is 11.8 Å². The molecule has 1 heterocycles. The molecule has 1 aliphatic heterocycles. The van der Waals surface area contributed by atoms with Gasteiger partial charge in [0.1, 0.15) is 0 Å². The highest BCUT2D eigenvalue weighted by Crippen LogP contribution is 2.62. The molecule has 3 fully saturated rings. The van der Waals surface area contributed by atoms with Gasteiger partial charge in [-0.15, -0.1) is 0 Å². The Morgan fingerprint density at radius 3 is 2.46 bits per heavy atom. The first kappa shape index (κ1) is 16.1. The van der Waals surface area contributed by atoms with Crippen LogP contribution in [-0.4, -0.2) is 11.8 Å². The summed E-state index contributed by atoms with van der Waals surface area (Å²) < 4.78 is 0. The number of imide groups is 1. The van der Waals surface area contributed by atoms with Gasteiger partial charge in [-0.25, -0.2) is 4.90 Å². The van der Waals surface area contributed by atoms with Crippen molar-refractivity contribution >= 4 is 29.1 Å². The minimum Gasteiger partial charge on any atom is -0.274 e.